The number of nitrogens with two attached hydrogens (primary N) is 1. The largest absolute Gasteiger partial charge is 0.497 e. The molecule has 0 radical (unpaired) electrons. The minimum atomic E-state index is -1.00. The fourth-order valence-electron chi connectivity index (χ4n) is 3.55. The summed E-state index contributed by atoms with van der Waals surface area (Å²) < 4.78 is 39.6. The predicted octanol–water partition coefficient (Wildman–Crippen LogP) is 4.70. The lowest BCUT2D eigenvalue weighted by Crippen LogP contribution is -2.28. The second-order valence-electron chi connectivity index (χ2n) is 8.28. The predicted molar refractivity (Wildman–Crippen MR) is 146 cm³/mol. The minimum absolute atomic E-state index is 0.0176. The van der Waals surface area contributed by atoms with Gasteiger partial charge >= 0.3 is 6.03 Å². The van der Waals surface area contributed by atoms with Gasteiger partial charge in [-0.15, -0.1) is 0 Å². The smallest absolute Gasteiger partial charge is 0.321 e. The summed E-state index contributed by atoms with van der Waals surface area (Å²) >= 11 is 0.949. The zero-order valence-corrected chi connectivity index (χ0v) is 22.0. The number of carbonyl (C=O) groups is 2. The number of nitrogens with one attached hydrogen (secondary N) is 3. The molecule has 0 saturated carbocycles. The number of ether oxygens (including phenoxy) is 1. The maximum absolute atomic E-state index is 14.7. The second kappa shape index (κ2) is 11.7. The maximum Gasteiger partial charge on any atom is 0.321 e. The molecule has 0 spiro atoms. The Bertz CT molecular complexity index is 1730. The fourth-order valence-corrected chi connectivity index (χ4v) is 4.36. The van der Waals surface area contributed by atoms with Gasteiger partial charge in [0, 0.05) is 17.8 Å². The summed E-state index contributed by atoms with van der Waals surface area (Å²) in [7, 11) is 1.45. The molecule has 15 heteroatoms. The number of carbonyl (C=O) groups excluding carboxylic acids is 2. The molecule has 5 aromatic rings. The van der Waals surface area contributed by atoms with Gasteiger partial charge in [0.25, 0.3) is 11.8 Å². The van der Waals surface area contributed by atoms with E-state index >= 15 is 0 Å². The summed E-state index contributed by atoms with van der Waals surface area (Å²) in [5, 5.41) is 11.5. The summed E-state index contributed by atoms with van der Waals surface area (Å²) in [6.07, 6.45) is 1.61. The van der Waals surface area contributed by atoms with Crippen LogP contribution < -0.4 is 26.4 Å². The number of benzene rings is 2. The van der Waals surface area contributed by atoms with Crippen LogP contribution in [0.5, 0.6) is 5.75 Å². The molecule has 3 heterocycles. The second-order valence-corrected chi connectivity index (χ2v) is 9.28. The highest BCUT2D eigenvalue weighted by Gasteiger charge is 2.22. The summed E-state index contributed by atoms with van der Waals surface area (Å²) in [6.45, 7) is 0.193. The third-order valence-corrected chi connectivity index (χ3v) is 6.50. The first-order valence-electron chi connectivity index (χ1n) is 11.8. The molecule has 2 aromatic carbocycles. The zero-order chi connectivity index (χ0) is 28.9. The molecule has 0 unspecified atom stereocenters. The summed E-state index contributed by atoms with van der Waals surface area (Å²) in [5.74, 6) is -2.56. The number of nitrogen functional groups attached to an aromatic ring is 1. The molecule has 0 saturated heterocycles. The first-order valence-corrected chi connectivity index (χ1v) is 12.6. The van der Waals surface area contributed by atoms with Gasteiger partial charge in [0.2, 0.25) is 5.82 Å². The molecule has 0 atom stereocenters. The van der Waals surface area contributed by atoms with Gasteiger partial charge in [-0.1, -0.05) is 28.6 Å². The van der Waals surface area contributed by atoms with Crippen molar-refractivity contribution >= 4 is 39.9 Å². The van der Waals surface area contributed by atoms with Crippen LogP contribution in [-0.2, 0) is 6.54 Å². The lowest BCUT2D eigenvalue weighted by atomic mass is 10.1. The van der Waals surface area contributed by atoms with Gasteiger partial charge in [0.1, 0.15) is 28.1 Å². The van der Waals surface area contributed by atoms with Crippen LogP contribution in [0.3, 0.4) is 0 Å². The number of rotatable bonds is 8. The number of nitrogens with zero attached hydrogens (tertiary/aromatic N) is 4. The number of hydrogen-bond acceptors (Lipinski definition) is 10. The first kappa shape index (κ1) is 27.1. The molecule has 12 nitrogen and oxygen atoms in total. The van der Waals surface area contributed by atoms with E-state index in [0.29, 0.717) is 17.5 Å². The summed E-state index contributed by atoms with van der Waals surface area (Å²) in [5.41, 5.74) is 6.30. The van der Waals surface area contributed by atoms with Crippen molar-refractivity contribution in [3.8, 4) is 27.9 Å². The minimum Gasteiger partial charge on any atom is -0.497 e. The third kappa shape index (κ3) is 6.25. The number of urea groups is 1. The van der Waals surface area contributed by atoms with Crippen LogP contribution in [0.2, 0.25) is 0 Å². The molecular weight excluding hydrogens is 558 g/mol. The van der Waals surface area contributed by atoms with E-state index in [1.165, 1.54) is 19.2 Å². The Labute approximate surface area is 234 Å². The Kier molecular flexibility index (Phi) is 7.78. The fraction of sp³-hybridized carbons (Fsp3) is 0.0769. The van der Waals surface area contributed by atoms with Crippen molar-refractivity contribution < 1.29 is 27.6 Å². The van der Waals surface area contributed by atoms with E-state index in [-0.39, 0.29) is 50.9 Å². The van der Waals surface area contributed by atoms with Crippen LogP contribution >= 0.6 is 11.3 Å². The highest BCUT2D eigenvalue weighted by molar-refractivity contribution is 7.19. The van der Waals surface area contributed by atoms with Crippen LogP contribution in [0.4, 0.5) is 30.2 Å². The number of aromatic nitrogens is 4. The van der Waals surface area contributed by atoms with Crippen molar-refractivity contribution in [2.24, 2.45) is 0 Å². The highest BCUT2D eigenvalue weighted by Crippen LogP contribution is 2.35. The molecule has 5 rings (SSSR count). The molecule has 0 aliphatic rings. The SMILES string of the molecule is COc1cccc(C(=O)Nc2cc(-c3noc(-c4sc(NC(=O)NCc5ccccn5)nc4N)n3)c(F)cc2F)c1. The number of pyridine rings is 1. The van der Waals surface area contributed by atoms with Gasteiger partial charge in [0.15, 0.2) is 5.13 Å². The maximum atomic E-state index is 14.7. The molecule has 0 aliphatic carbocycles. The number of thiazole rings is 1. The zero-order valence-electron chi connectivity index (χ0n) is 21.1. The van der Waals surface area contributed by atoms with Crippen molar-refractivity contribution in [3.63, 3.8) is 0 Å². The van der Waals surface area contributed by atoms with Crippen molar-refractivity contribution in [1.29, 1.82) is 0 Å². The molecule has 41 heavy (non-hydrogen) atoms. The molecule has 3 amide bonds. The Hall–Kier alpha value is -5.44. The quantitative estimate of drug-likeness (QED) is 0.204. The standard InChI is InChI=1S/C26H20F2N8O4S/c1-39-15-7-4-5-13(9-15)23(37)32-19-10-16(17(27)11-18(19)28)22-34-24(40-36-22)20-21(29)33-26(41-20)35-25(38)31-12-14-6-2-3-8-30-14/h2-11H,12,29H2,1H3,(H,32,37)(H2,31,33,35,38). The Morgan fingerprint density at radius 1 is 1.05 bits per heavy atom. The van der Waals surface area contributed by atoms with Gasteiger partial charge in [-0.3, -0.25) is 15.1 Å². The highest BCUT2D eigenvalue weighted by atomic mass is 32.1. The number of amides is 3. The van der Waals surface area contributed by atoms with Gasteiger partial charge in [-0.25, -0.2) is 18.6 Å². The Morgan fingerprint density at radius 3 is 2.68 bits per heavy atom. The van der Waals surface area contributed by atoms with Crippen LogP contribution in [-0.4, -0.2) is 39.2 Å². The van der Waals surface area contributed by atoms with Gasteiger partial charge in [0.05, 0.1) is 30.6 Å². The Morgan fingerprint density at radius 2 is 1.90 bits per heavy atom. The molecule has 208 valence electrons. The van der Waals surface area contributed by atoms with E-state index in [2.05, 4.69) is 36.1 Å². The van der Waals surface area contributed by atoms with Crippen molar-refractivity contribution in [2.75, 3.05) is 23.5 Å². The van der Waals surface area contributed by atoms with Gasteiger partial charge in [-0.2, -0.15) is 4.98 Å². The van der Waals surface area contributed by atoms with Gasteiger partial charge in [-0.05, 0) is 36.4 Å². The third-order valence-electron chi connectivity index (χ3n) is 5.53. The van der Waals surface area contributed by atoms with Crippen molar-refractivity contribution in [2.45, 2.75) is 6.54 Å². The number of methoxy groups -OCH3 is 1. The lowest BCUT2D eigenvalue weighted by Gasteiger charge is -2.09. The molecule has 3 aromatic heterocycles. The normalized spacial score (nSPS) is 10.7. The van der Waals surface area contributed by atoms with Crippen molar-refractivity contribution in [1.82, 2.24) is 25.4 Å². The van der Waals surface area contributed by atoms with E-state index in [1.54, 1.807) is 36.5 Å². The summed E-state index contributed by atoms with van der Waals surface area (Å²) in [6, 6.07) is 12.6. The molecule has 0 fully saturated rings. The van der Waals surface area contributed by atoms with Gasteiger partial charge < -0.3 is 25.6 Å². The van der Waals surface area contributed by atoms with E-state index in [9.17, 15) is 18.4 Å². The molecular formula is C26H20F2N8O4S. The van der Waals surface area contributed by atoms with E-state index < -0.39 is 23.6 Å². The van der Waals surface area contributed by atoms with E-state index in [0.717, 1.165) is 17.4 Å². The number of hydrogen-bond donors (Lipinski definition) is 4. The number of halogens is 2. The monoisotopic (exact) mass is 578 g/mol. The molecule has 0 bridgehead atoms. The van der Waals surface area contributed by atoms with Crippen LogP contribution in [0.25, 0.3) is 22.2 Å². The van der Waals surface area contributed by atoms with Crippen LogP contribution in [0.15, 0.2) is 65.3 Å². The van der Waals surface area contributed by atoms with Crippen LogP contribution in [0.1, 0.15) is 16.1 Å². The number of anilines is 3. The van der Waals surface area contributed by atoms with E-state index in [4.69, 9.17) is 15.0 Å². The average molecular weight is 579 g/mol. The lowest BCUT2D eigenvalue weighted by molar-refractivity contribution is 0.102. The molecule has 0 aliphatic heterocycles. The average Bonchev–Trinajstić information content (AvgIpc) is 3.60. The molecule has 5 N–H and O–H groups in total. The van der Waals surface area contributed by atoms with Crippen molar-refractivity contribution in [3.05, 3.63) is 83.7 Å². The van der Waals surface area contributed by atoms with E-state index in [1.807, 2.05) is 0 Å². The Balaban J connectivity index is 1.31. The first-order chi connectivity index (χ1) is 19.8. The topological polar surface area (TPSA) is 170 Å². The summed E-state index contributed by atoms with van der Waals surface area (Å²) in [4.78, 5) is 37.5. The van der Waals surface area contributed by atoms with Crippen LogP contribution in [0, 0.1) is 11.6 Å².